The van der Waals surface area contributed by atoms with Crippen molar-refractivity contribution in [3.8, 4) is 6.07 Å². The molecule has 0 radical (unpaired) electrons. The summed E-state index contributed by atoms with van der Waals surface area (Å²) < 4.78 is 71.5. The molecule has 0 saturated carbocycles. The number of benzene rings is 1. The van der Waals surface area contributed by atoms with Gasteiger partial charge in [0.25, 0.3) is 6.43 Å². The van der Waals surface area contributed by atoms with Crippen LogP contribution in [-0.4, -0.2) is 45.0 Å². The van der Waals surface area contributed by atoms with Crippen molar-refractivity contribution < 1.29 is 35.9 Å². The Morgan fingerprint density at radius 2 is 2.03 bits per heavy atom. The number of nitrogens with zero attached hydrogens (tertiary/aromatic N) is 3. The van der Waals surface area contributed by atoms with Gasteiger partial charge in [0.15, 0.2) is 0 Å². The molecule has 2 heterocycles. The van der Waals surface area contributed by atoms with Crippen LogP contribution in [0.4, 0.5) is 19.0 Å². The summed E-state index contributed by atoms with van der Waals surface area (Å²) in [7, 11) is -4.17. The van der Waals surface area contributed by atoms with Crippen LogP contribution in [0.1, 0.15) is 40.5 Å². The lowest BCUT2D eigenvalue weighted by Crippen LogP contribution is -2.55. The maximum atomic E-state index is 13.5. The summed E-state index contributed by atoms with van der Waals surface area (Å²) in [6, 6.07) is 5.88. The van der Waals surface area contributed by atoms with Gasteiger partial charge in [-0.15, -0.1) is 0 Å². The van der Waals surface area contributed by atoms with Gasteiger partial charge in [0.2, 0.25) is 15.9 Å². The summed E-state index contributed by atoms with van der Waals surface area (Å²) in [5, 5.41) is 9.29. The molecule has 2 aromatic rings. The first-order chi connectivity index (χ1) is 16.5. The molecule has 9 nitrogen and oxygen atoms in total. The number of nitriles is 1. The number of rotatable bonds is 8. The van der Waals surface area contributed by atoms with Crippen molar-refractivity contribution in [2.24, 2.45) is 5.92 Å². The van der Waals surface area contributed by atoms with Gasteiger partial charge in [0, 0.05) is 18.1 Å². The van der Waals surface area contributed by atoms with Crippen LogP contribution in [0.25, 0.3) is 0 Å². The van der Waals surface area contributed by atoms with E-state index in [2.05, 4.69) is 4.98 Å². The molecule has 0 unspecified atom stereocenters. The number of carbonyl (C=O) groups excluding carboxylic acids is 2. The van der Waals surface area contributed by atoms with Crippen molar-refractivity contribution in [2.45, 2.75) is 19.1 Å². The molecule has 186 valence electrons. The second kappa shape index (κ2) is 10.5. The quantitative estimate of drug-likeness (QED) is 0.516. The predicted molar refractivity (Wildman–Crippen MR) is 118 cm³/mol. The van der Waals surface area contributed by atoms with Gasteiger partial charge in [-0.25, -0.2) is 31.4 Å². The fourth-order valence-corrected chi connectivity index (χ4v) is 4.83. The molecule has 1 N–H and O–H groups in total. The first-order valence-electron chi connectivity index (χ1n) is 10.1. The topological polar surface area (TPSA) is 129 Å². The number of hydrogen-bond donors (Lipinski definition) is 1. The normalized spacial score (nSPS) is 13.8. The SMILES string of the molecule is CCOC(=O)c1cc(C#N)c(N2CC(C(=O)NS(=O)(=O)Cc3ccc(F)cc3Cl)C2)nc1C(F)F. The summed E-state index contributed by atoms with van der Waals surface area (Å²) in [5.41, 5.74) is -1.51. The van der Waals surface area contributed by atoms with E-state index >= 15 is 0 Å². The Morgan fingerprint density at radius 3 is 2.60 bits per heavy atom. The van der Waals surface area contributed by atoms with E-state index in [-0.39, 0.29) is 41.7 Å². The van der Waals surface area contributed by atoms with Crippen LogP contribution < -0.4 is 9.62 Å². The molecule has 1 fully saturated rings. The highest BCUT2D eigenvalue weighted by Crippen LogP contribution is 2.32. The number of sulfonamides is 1. The van der Waals surface area contributed by atoms with Crippen LogP contribution in [0.15, 0.2) is 24.3 Å². The van der Waals surface area contributed by atoms with Crippen LogP contribution in [0, 0.1) is 23.1 Å². The van der Waals surface area contributed by atoms with E-state index in [1.165, 1.54) is 17.9 Å². The molecule has 0 spiro atoms. The lowest BCUT2D eigenvalue weighted by Gasteiger charge is -2.39. The highest BCUT2D eigenvalue weighted by Gasteiger charge is 2.37. The van der Waals surface area contributed by atoms with E-state index in [1.807, 2.05) is 4.72 Å². The summed E-state index contributed by atoms with van der Waals surface area (Å²) in [4.78, 5) is 29.5. The third kappa shape index (κ3) is 6.01. The highest BCUT2D eigenvalue weighted by molar-refractivity contribution is 7.89. The zero-order valence-electron chi connectivity index (χ0n) is 18.1. The zero-order valence-corrected chi connectivity index (χ0v) is 19.7. The minimum atomic E-state index is -4.17. The zero-order chi connectivity index (χ0) is 25.9. The number of hydrogen-bond acceptors (Lipinski definition) is 8. The number of pyridine rings is 1. The molecular weight excluding hydrogens is 513 g/mol. The number of halogens is 4. The Bertz CT molecular complexity index is 1310. The van der Waals surface area contributed by atoms with Crippen molar-refractivity contribution in [1.82, 2.24) is 9.71 Å². The number of ether oxygens (including phenoxy) is 1. The van der Waals surface area contributed by atoms with Gasteiger partial charge in [0.1, 0.15) is 23.4 Å². The molecule has 1 aliphatic rings. The van der Waals surface area contributed by atoms with Crippen molar-refractivity contribution >= 4 is 39.3 Å². The van der Waals surface area contributed by atoms with Crippen molar-refractivity contribution in [3.63, 3.8) is 0 Å². The Hall–Kier alpha value is -3.37. The number of esters is 1. The van der Waals surface area contributed by atoms with Gasteiger partial charge in [0.05, 0.1) is 29.4 Å². The molecular formula is C21H18ClF3N4O5S. The monoisotopic (exact) mass is 530 g/mol. The standard InChI is InChI=1S/C21H18ClF3N4O5S/c1-2-34-21(31)15-5-12(7-26)19(27-17(15)18(24)25)29-8-13(9-29)20(30)28-35(32,33)10-11-3-4-14(23)6-16(11)22/h3-6,13,18H,2,8-10H2,1H3,(H,28,30). The van der Waals surface area contributed by atoms with Crippen LogP contribution in [0.3, 0.4) is 0 Å². The molecule has 0 aliphatic carbocycles. The van der Waals surface area contributed by atoms with E-state index < -0.39 is 57.1 Å². The minimum Gasteiger partial charge on any atom is -0.462 e. The lowest BCUT2D eigenvalue weighted by atomic mass is 9.98. The number of anilines is 1. The number of aromatic nitrogens is 1. The maximum Gasteiger partial charge on any atom is 0.340 e. The largest absolute Gasteiger partial charge is 0.462 e. The van der Waals surface area contributed by atoms with Crippen LogP contribution in [0.2, 0.25) is 5.02 Å². The highest BCUT2D eigenvalue weighted by atomic mass is 35.5. The van der Waals surface area contributed by atoms with Crippen molar-refractivity contribution in [1.29, 1.82) is 5.26 Å². The fraction of sp³-hybridized carbons (Fsp3) is 0.333. The van der Waals surface area contributed by atoms with Gasteiger partial charge in [-0.1, -0.05) is 17.7 Å². The molecule has 35 heavy (non-hydrogen) atoms. The summed E-state index contributed by atoms with van der Waals surface area (Å²) >= 11 is 5.83. The van der Waals surface area contributed by atoms with E-state index in [4.69, 9.17) is 16.3 Å². The van der Waals surface area contributed by atoms with Gasteiger partial charge < -0.3 is 9.64 Å². The lowest BCUT2D eigenvalue weighted by molar-refractivity contribution is -0.123. The minimum absolute atomic E-state index is 0.0651. The van der Waals surface area contributed by atoms with Crippen LogP contribution >= 0.6 is 11.6 Å². The Labute approximate surface area is 203 Å². The molecule has 1 saturated heterocycles. The average Bonchev–Trinajstić information content (AvgIpc) is 2.74. The Balaban J connectivity index is 1.72. The van der Waals surface area contributed by atoms with Crippen molar-refractivity contribution in [3.05, 3.63) is 57.5 Å². The van der Waals surface area contributed by atoms with Gasteiger partial charge in [-0.2, -0.15) is 5.26 Å². The third-order valence-electron chi connectivity index (χ3n) is 5.02. The summed E-state index contributed by atoms with van der Waals surface area (Å²) in [6.45, 7) is 1.21. The smallest absolute Gasteiger partial charge is 0.340 e. The molecule has 1 aliphatic heterocycles. The van der Waals surface area contributed by atoms with Gasteiger partial charge in [-0.3, -0.25) is 9.52 Å². The average molecular weight is 531 g/mol. The van der Waals surface area contributed by atoms with Crippen LogP contribution in [0.5, 0.6) is 0 Å². The summed E-state index contributed by atoms with van der Waals surface area (Å²) in [5.74, 6) is -4.23. The second-order valence-electron chi connectivity index (χ2n) is 7.49. The third-order valence-corrected chi connectivity index (χ3v) is 6.58. The predicted octanol–water partition coefficient (Wildman–Crippen LogP) is 2.94. The second-order valence-corrected chi connectivity index (χ2v) is 9.62. The number of amides is 1. The van der Waals surface area contributed by atoms with Crippen LogP contribution in [-0.2, 0) is 25.3 Å². The van der Waals surface area contributed by atoms with E-state index in [1.54, 1.807) is 6.07 Å². The molecule has 1 aromatic heterocycles. The van der Waals surface area contributed by atoms with E-state index in [0.29, 0.717) is 0 Å². The van der Waals surface area contributed by atoms with Gasteiger partial charge in [-0.05, 0) is 30.7 Å². The first kappa shape index (κ1) is 26.2. The Morgan fingerprint density at radius 1 is 1.34 bits per heavy atom. The Kier molecular flexibility index (Phi) is 7.86. The number of nitrogens with one attached hydrogen (secondary N) is 1. The molecule has 1 aromatic carbocycles. The molecule has 3 rings (SSSR count). The van der Waals surface area contributed by atoms with Crippen molar-refractivity contribution in [2.75, 3.05) is 24.6 Å². The maximum absolute atomic E-state index is 13.5. The molecule has 0 bridgehead atoms. The number of carbonyl (C=O) groups is 2. The number of alkyl halides is 2. The van der Waals surface area contributed by atoms with E-state index in [0.717, 1.165) is 18.2 Å². The van der Waals surface area contributed by atoms with Gasteiger partial charge >= 0.3 is 5.97 Å². The molecule has 1 amide bonds. The summed E-state index contributed by atoms with van der Waals surface area (Å²) in [6.07, 6.45) is -3.13. The fourth-order valence-electron chi connectivity index (χ4n) is 3.31. The molecule has 14 heteroatoms. The molecule has 0 atom stereocenters. The first-order valence-corrected chi connectivity index (χ1v) is 12.1. The van der Waals surface area contributed by atoms with E-state index in [9.17, 15) is 36.4 Å².